The zero-order valence-corrected chi connectivity index (χ0v) is 29.4. The third kappa shape index (κ3) is 12.7. The highest BCUT2D eigenvalue weighted by Gasteiger charge is 2.43. The topological polar surface area (TPSA) is 159 Å². The first-order valence-electron chi connectivity index (χ1n) is 16.9. The largest absolute Gasteiger partial charge is 0.461 e. The molecule has 2 N–H and O–H groups in total. The molecule has 0 aliphatic carbocycles. The maximum absolute atomic E-state index is 13.1. The Bertz CT molecular complexity index is 1470. The van der Waals surface area contributed by atoms with Crippen LogP contribution in [0, 0.1) is 30.1 Å². The minimum Gasteiger partial charge on any atom is -0.461 e. The number of rotatable bonds is 23. The van der Waals surface area contributed by atoms with E-state index < -0.39 is 28.1 Å². The molecule has 0 spiro atoms. The molecule has 1 aliphatic heterocycles. The maximum atomic E-state index is 13.1. The fourth-order valence-corrected chi connectivity index (χ4v) is 6.77. The monoisotopic (exact) mass is 685 g/mol. The zero-order valence-electron chi connectivity index (χ0n) is 28.6. The average Bonchev–Trinajstić information content (AvgIpc) is 3.48. The lowest BCUT2D eigenvalue weighted by atomic mass is 9.86. The van der Waals surface area contributed by atoms with Gasteiger partial charge in [0, 0.05) is 32.1 Å². The van der Waals surface area contributed by atoms with E-state index in [4.69, 9.17) is 15.9 Å². The van der Waals surface area contributed by atoms with Gasteiger partial charge in [0.15, 0.2) is 0 Å². The number of sulfonamides is 1. The zero-order chi connectivity index (χ0) is 35.1. The van der Waals surface area contributed by atoms with E-state index in [0.717, 1.165) is 24.8 Å². The van der Waals surface area contributed by atoms with Crippen LogP contribution in [-0.4, -0.2) is 66.6 Å². The second-order valence-corrected chi connectivity index (χ2v) is 15.1. The summed E-state index contributed by atoms with van der Waals surface area (Å²) in [5, 5.41) is 11.0. The summed E-state index contributed by atoms with van der Waals surface area (Å²) in [7, 11) is -3.62. The van der Waals surface area contributed by atoms with Crippen LogP contribution >= 0.6 is 0 Å². The third-order valence-corrected chi connectivity index (χ3v) is 9.66. The second-order valence-electron chi connectivity index (χ2n) is 13.3. The van der Waals surface area contributed by atoms with Crippen molar-refractivity contribution in [2.45, 2.75) is 122 Å². The summed E-state index contributed by atoms with van der Waals surface area (Å²) < 4.78 is 41.1. The normalized spacial score (nSPS) is 17.3. The van der Waals surface area contributed by atoms with Crippen LogP contribution in [-0.2, 0) is 53.3 Å². The van der Waals surface area contributed by atoms with Crippen LogP contribution in [0.3, 0.4) is 0 Å². The van der Waals surface area contributed by atoms with Crippen LogP contribution in [0.5, 0.6) is 0 Å². The summed E-state index contributed by atoms with van der Waals surface area (Å²) in [6, 6.07) is 6.18. The van der Waals surface area contributed by atoms with E-state index >= 15 is 0 Å². The lowest BCUT2D eigenvalue weighted by Crippen LogP contribution is -2.48. The number of nitrogens with zero attached hydrogens (tertiary/aromatic N) is 3. The first-order valence-corrected chi connectivity index (χ1v) is 18.4. The standard InChI is InChI=1S/C35H51N5O7S/c1-6-7-8-9-11-31-33(47-34(31)42)22-29(46-35(43)32(36-24-41)21-26(4)5)15-14-28-23-40(39-38-28)19-10-18-37-48(44,45)30-16-12-27(13-17-30)20-25(2)3/h1,12-13,16-17,23-26,29,31-33,37H,7-11,14-15,18-22H2,2-5H3,(H,36,41)/t29-,31-,32-,33-/m0/s1. The van der Waals surface area contributed by atoms with Gasteiger partial charge in [-0.25, -0.2) is 17.9 Å². The molecule has 48 heavy (non-hydrogen) atoms. The van der Waals surface area contributed by atoms with Crippen LogP contribution < -0.4 is 10.0 Å². The highest BCUT2D eigenvalue weighted by Crippen LogP contribution is 2.32. The Morgan fingerprint density at radius 2 is 1.90 bits per heavy atom. The van der Waals surface area contributed by atoms with Crippen LogP contribution in [0.2, 0.25) is 0 Å². The minimum absolute atomic E-state index is 0.153. The predicted molar refractivity (Wildman–Crippen MR) is 181 cm³/mol. The molecule has 4 atom stereocenters. The predicted octanol–water partition coefficient (Wildman–Crippen LogP) is 3.98. The van der Waals surface area contributed by atoms with Gasteiger partial charge in [-0.05, 0) is 74.5 Å². The number of terminal acetylenes is 1. The maximum Gasteiger partial charge on any atom is 0.328 e. The molecule has 12 nitrogen and oxygen atoms in total. The van der Waals surface area contributed by atoms with Crippen LogP contribution in [0.25, 0.3) is 0 Å². The Morgan fingerprint density at radius 1 is 1.15 bits per heavy atom. The summed E-state index contributed by atoms with van der Waals surface area (Å²) >= 11 is 0. The molecule has 1 aromatic heterocycles. The lowest BCUT2D eigenvalue weighted by Gasteiger charge is -2.37. The van der Waals surface area contributed by atoms with Crippen LogP contribution in [0.4, 0.5) is 0 Å². The molecule has 2 heterocycles. The number of hydrogen-bond donors (Lipinski definition) is 2. The van der Waals surface area contributed by atoms with Crippen molar-refractivity contribution >= 4 is 28.4 Å². The molecule has 0 saturated carbocycles. The second kappa shape index (κ2) is 19.3. The van der Waals surface area contributed by atoms with Crippen molar-refractivity contribution in [3.8, 4) is 12.3 Å². The SMILES string of the molecule is C#CCCCC[C@@H]1C(=O)O[C@H]1C[C@H](CCc1cn(CCCNS(=O)(=O)c2ccc(CC(C)C)cc2)nn1)OC(=O)[C@H](CC(C)C)NC=O. The fourth-order valence-electron chi connectivity index (χ4n) is 5.70. The molecule has 0 unspecified atom stereocenters. The Hall–Kier alpha value is -3.76. The van der Waals surface area contributed by atoms with E-state index in [0.29, 0.717) is 69.5 Å². The average molecular weight is 686 g/mol. The summed E-state index contributed by atoms with van der Waals surface area (Å²) in [5.41, 5.74) is 1.78. The first kappa shape index (κ1) is 38.7. The number of carbonyl (C=O) groups is 3. The van der Waals surface area contributed by atoms with E-state index in [9.17, 15) is 22.8 Å². The minimum atomic E-state index is -3.62. The van der Waals surface area contributed by atoms with Crippen molar-refractivity contribution in [1.82, 2.24) is 25.0 Å². The van der Waals surface area contributed by atoms with E-state index in [-0.39, 0.29) is 35.3 Å². The molecule has 264 valence electrons. The highest BCUT2D eigenvalue weighted by molar-refractivity contribution is 7.89. The van der Waals surface area contributed by atoms with Gasteiger partial charge in [-0.3, -0.25) is 14.3 Å². The molecule has 13 heteroatoms. The van der Waals surface area contributed by atoms with Gasteiger partial charge < -0.3 is 14.8 Å². The van der Waals surface area contributed by atoms with Crippen LogP contribution in [0.1, 0.15) is 90.3 Å². The summed E-state index contributed by atoms with van der Waals surface area (Å²) in [5.74, 6) is 2.19. The number of cyclic esters (lactones) is 1. The van der Waals surface area contributed by atoms with Crippen molar-refractivity contribution in [2.24, 2.45) is 17.8 Å². The number of unbranched alkanes of at least 4 members (excludes halogenated alkanes) is 2. The van der Waals surface area contributed by atoms with E-state index in [1.807, 2.05) is 26.0 Å². The van der Waals surface area contributed by atoms with Crippen molar-refractivity contribution in [3.05, 3.63) is 41.7 Å². The Kier molecular flexibility index (Phi) is 15.5. The molecule has 1 aliphatic rings. The van der Waals surface area contributed by atoms with Crippen molar-refractivity contribution < 1.29 is 32.3 Å². The fraction of sp³-hybridized carbons (Fsp3) is 0.629. The van der Waals surface area contributed by atoms with Gasteiger partial charge in [0.1, 0.15) is 18.2 Å². The molecule has 1 amide bonds. The van der Waals surface area contributed by atoms with Gasteiger partial charge in [-0.15, -0.1) is 17.4 Å². The lowest BCUT2D eigenvalue weighted by molar-refractivity contribution is -0.190. The summed E-state index contributed by atoms with van der Waals surface area (Å²) in [6.45, 7) is 8.83. The smallest absolute Gasteiger partial charge is 0.328 e. The molecular weight excluding hydrogens is 634 g/mol. The number of hydrogen-bond acceptors (Lipinski definition) is 9. The molecule has 3 rings (SSSR count). The van der Waals surface area contributed by atoms with Gasteiger partial charge >= 0.3 is 11.9 Å². The summed E-state index contributed by atoms with van der Waals surface area (Å²) in [6.07, 6.45) is 12.6. The Labute approximate surface area is 285 Å². The van der Waals surface area contributed by atoms with Crippen molar-refractivity contribution in [1.29, 1.82) is 0 Å². The van der Waals surface area contributed by atoms with E-state index in [1.165, 1.54) is 0 Å². The number of amides is 1. The quantitative estimate of drug-likeness (QED) is 0.0764. The molecule has 0 radical (unpaired) electrons. The van der Waals surface area contributed by atoms with Crippen LogP contribution in [0.15, 0.2) is 35.4 Å². The van der Waals surface area contributed by atoms with E-state index in [1.54, 1.807) is 23.0 Å². The Morgan fingerprint density at radius 3 is 2.54 bits per heavy atom. The van der Waals surface area contributed by atoms with Gasteiger partial charge in [0.25, 0.3) is 0 Å². The molecular formula is C35H51N5O7S. The number of aromatic nitrogens is 3. The Balaban J connectivity index is 1.54. The van der Waals surface area contributed by atoms with Gasteiger partial charge in [0.05, 0.1) is 16.5 Å². The number of benzene rings is 1. The number of ether oxygens (including phenoxy) is 2. The highest BCUT2D eigenvalue weighted by atomic mass is 32.2. The number of carbonyl (C=O) groups excluding carboxylic acids is 3. The molecule has 1 aromatic carbocycles. The molecule has 1 fully saturated rings. The van der Waals surface area contributed by atoms with E-state index in [2.05, 4.69) is 40.1 Å². The summed E-state index contributed by atoms with van der Waals surface area (Å²) in [4.78, 5) is 36.7. The number of nitrogens with one attached hydrogen (secondary N) is 2. The van der Waals surface area contributed by atoms with Gasteiger partial charge in [-0.2, -0.15) is 0 Å². The first-order chi connectivity index (χ1) is 22.9. The van der Waals surface area contributed by atoms with Crippen molar-refractivity contribution in [3.63, 3.8) is 0 Å². The third-order valence-electron chi connectivity index (χ3n) is 8.19. The molecule has 1 saturated heterocycles. The van der Waals surface area contributed by atoms with Gasteiger partial charge in [0.2, 0.25) is 16.4 Å². The number of aryl methyl sites for hydroxylation is 2. The van der Waals surface area contributed by atoms with Crippen molar-refractivity contribution in [2.75, 3.05) is 6.54 Å². The number of esters is 2. The molecule has 2 aromatic rings. The molecule has 0 bridgehead atoms. The van der Waals surface area contributed by atoms with Gasteiger partial charge in [-0.1, -0.05) is 51.5 Å².